The van der Waals surface area contributed by atoms with Crippen molar-refractivity contribution in [2.75, 3.05) is 0 Å². The van der Waals surface area contributed by atoms with Crippen LogP contribution >= 0.6 is 0 Å². The van der Waals surface area contributed by atoms with E-state index >= 15 is 0 Å². The van der Waals surface area contributed by atoms with Gasteiger partial charge in [0.05, 0.1) is 6.54 Å². The van der Waals surface area contributed by atoms with E-state index in [0.717, 1.165) is 24.5 Å². The highest BCUT2D eigenvalue weighted by Crippen LogP contribution is 2.18. The van der Waals surface area contributed by atoms with Crippen molar-refractivity contribution in [3.63, 3.8) is 0 Å². The Bertz CT molecular complexity index is 227. The Labute approximate surface area is 72.6 Å². The fourth-order valence-electron chi connectivity index (χ4n) is 1.24. The van der Waals surface area contributed by atoms with Gasteiger partial charge < -0.3 is 5.73 Å². The number of rotatable bonds is 4. The molecule has 0 bridgehead atoms. The molecule has 1 aromatic heterocycles. The molecule has 0 aliphatic carbocycles. The minimum atomic E-state index is 0.438. The molecule has 0 atom stereocenters. The molecule has 0 aliphatic heterocycles. The van der Waals surface area contributed by atoms with Gasteiger partial charge in [0.1, 0.15) is 5.82 Å². The molecular weight excluding hydrogens is 152 g/mol. The Kier molecular flexibility index (Phi) is 3.22. The predicted octanol–water partition coefficient (Wildman–Crippen LogP) is 1.17. The van der Waals surface area contributed by atoms with Gasteiger partial charge in [0.15, 0.2) is 5.82 Å². The van der Waals surface area contributed by atoms with E-state index < -0.39 is 0 Å². The van der Waals surface area contributed by atoms with Crippen LogP contribution in [0.5, 0.6) is 0 Å². The minimum Gasteiger partial charge on any atom is -0.324 e. The molecule has 68 valence electrons. The standard InChI is InChI=1S/C8H16N4/c1-3-6(4-2)8-10-7(5-9)11-12-8/h6H,3-5,9H2,1-2H3,(H,10,11,12). The van der Waals surface area contributed by atoms with E-state index in [0.29, 0.717) is 12.5 Å². The average Bonchev–Trinajstić information content (AvgIpc) is 2.55. The first-order chi connectivity index (χ1) is 5.81. The van der Waals surface area contributed by atoms with Crippen molar-refractivity contribution in [3.8, 4) is 0 Å². The summed E-state index contributed by atoms with van der Waals surface area (Å²) in [6.45, 7) is 4.73. The Hall–Kier alpha value is -0.900. The van der Waals surface area contributed by atoms with Crippen LogP contribution in [0.25, 0.3) is 0 Å². The summed E-state index contributed by atoms with van der Waals surface area (Å²) in [5.74, 6) is 2.15. The van der Waals surface area contributed by atoms with Crippen molar-refractivity contribution in [2.45, 2.75) is 39.2 Å². The molecule has 0 fully saturated rings. The molecule has 0 saturated carbocycles. The molecule has 0 amide bonds. The zero-order chi connectivity index (χ0) is 8.97. The molecule has 3 N–H and O–H groups in total. The summed E-state index contributed by atoms with van der Waals surface area (Å²) in [5.41, 5.74) is 5.41. The largest absolute Gasteiger partial charge is 0.324 e. The number of hydrogen-bond acceptors (Lipinski definition) is 3. The summed E-state index contributed by atoms with van der Waals surface area (Å²) in [4.78, 5) is 4.28. The zero-order valence-corrected chi connectivity index (χ0v) is 7.67. The van der Waals surface area contributed by atoms with Crippen LogP contribution in [0.4, 0.5) is 0 Å². The fourth-order valence-corrected chi connectivity index (χ4v) is 1.24. The van der Waals surface area contributed by atoms with Crippen LogP contribution < -0.4 is 5.73 Å². The predicted molar refractivity (Wildman–Crippen MR) is 47.6 cm³/mol. The normalized spacial score (nSPS) is 11.0. The minimum absolute atomic E-state index is 0.438. The van der Waals surface area contributed by atoms with Gasteiger partial charge in [-0.15, -0.1) is 0 Å². The monoisotopic (exact) mass is 168 g/mol. The van der Waals surface area contributed by atoms with Gasteiger partial charge in [0.2, 0.25) is 0 Å². The second-order valence-corrected chi connectivity index (χ2v) is 2.86. The van der Waals surface area contributed by atoms with Gasteiger partial charge in [-0.05, 0) is 12.8 Å². The number of aromatic amines is 1. The van der Waals surface area contributed by atoms with E-state index in [9.17, 15) is 0 Å². The van der Waals surface area contributed by atoms with E-state index in [1.165, 1.54) is 0 Å². The van der Waals surface area contributed by atoms with E-state index in [1.807, 2.05) is 0 Å². The van der Waals surface area contributed by atoms with Crippen LogP contribution in [-0.4, -0.2) is 15.2 Å². The molecule has 1 rings (SSSR count). The number of nitrogens with two attached hydrogens (primary N) is 1. The number of nitrogens with one attached hydrogen (secondary N) is 1. The van der Waals surface area contributed by atoms with Crippen LogP contribution in [0.15, 0.2) is 0 Å². The fraction of sp³-hybridized carbons (Fsp3) is 0.750. The Balaban J connectivity index is 2.72. The van der Waals surface area contributed by atoms with E-state index in [2.05, 4.69) is 29.0 Å². The van der Waals surface area contributed by atoms with Crippen molar-refractivity contribution >= 4 is 0 Å². The second kappa shape index (κ2) is 4.21. The number of nitrogens with zero attached hydrogens (tertiary/aromatic N) is 2. The third kappa shape index (κ3) is 1.82. The zero-order valence-electron chi connectivity index (χ0n) is 7.67. The first-order valence-corrected chi connectivity index (χ1v) is 4.43. The summed E-state index contributed by atoms with van der Waals surface area (Å²) in [6, 6.07) is 0. The lowest BCUT2D eigenvalue weighted by Crippen LogP contribution is -2.00. The van der Waals surface area contributed by atoms with Gasteiger partial charge in [0.25, 0.3) is 0 Å². The van der Waals surface area contributed by atoms with Crippen LogP contribution in [0, 0.1) is 0 Å². The van der Waals surface area contributed by atoms with Crippen molar-refractivity contribution in [1.29, 1.82) is 0 Å². The summed E-state index contributed by atoms with van der Waals surface area (Å²) < 4.78 is 0. The Morgan fingerprint density at radius 3 is 2.50 bits per heavy atom. The lowest BCUT2D eigenvalue weighted by Gasteiger charge is -2.05. The van der Waals surface area contributed by atoms with Gasteiger partial charge in [-0.1, -0.05) is 13.8 Å². The SMILES string of the molecule is CCC(CC)c1n[nH]c(CN)n1. The summed E-state index contributed by atoms with van der Waals surface area (Å²) in [7, 11) is 0. The van der Waals surface area contributed by atoms with Crippen molar-refractivity contribution < 1.29 is 0 Å². The number of H-pyrrole nitrogens is 1. The molecule has 12 heavy (non-hydrogen) atoms. The summed E-state index contributed by atoms with van der Waals surface area (Å²) in [5, 5.41) is 6.93. The van der Waals surface area contributed by atoms with Crippen molar-refractivity contribution in [2.24, 2.45) is 5.73 Å². The van der Waals surface area contributed by atoms with Gasteiger partial charge in [-0.2, -0.15) is 5.10 Å². The smallest absolute Gasteiger partial charge is 0.153 e. The van der Waals surface area contributed by atoms with E-state index in [-0.39, 0.29) is 0 Å². The molecule has 4 heteroatoms. The molecule has 1 heterocycles. The highest BCUT2D eigenvalue weighted by atomic mass is 15.2. The van der Waals surface area contributed by atoms with E-state index in [4.69, 9.17) is 5.73 Å². The topological polar surface area (TPSA) is 67.6 Å². The number of aromatic nitrogens is 3. The van der Waals surface area contributed by atoms with E-state index in [1.54, 1.807) is 0 Å². The number of hydrogen-bond donors (Lipinski definition) is 2. The molecule has 0 radical (unpaired) electrons. The molecule has 4 nitrogen and oxygen atoms in total. The van der Waals surface area contributed by atoms with Crippen molar-refractivity contribution in [3.05, 3.63) is 11.6 Å². The Morgan fingerprint density at radius 1 is 1.42 bits per heavy atom. The maximum absolute atomic E-state index is 5.41. The molecule has 1 aromatic rings. The third-order valence-electron chi connectivity index (χ3n) is 2.09. The first kappa shape index (κ1) is 9.19. The maximum Gasteiger partial charge on any atom is 0.153 e. The average molecular weight is 168 g/mol. The second-order valence-electron chi connectivity index (χ2n) is 2.86. The van der Waals surface area contributed by atoms with Crippen LogP contribution in [0.3, 0.4) is 0 Å². The highest BCUT2D eigenvalue weighted by molar-refractivity contribution is 4.96. The Morgan fingerprint density at radius 2 is 2.08 bits per heavy atom. The first-order valence-electron chi connectivity index (χ1n) is 4.43. The summed E-state index contributed by atoms with van der Waals surface area (Å²) >= 11 is 0. The van der Waals surface area contributed by atoms with Crippen molar-refractivity contribution in [1.82, 2.24) is 15.2 Å². The molecule has 0 aromatic carbocycles. The maximum atomic E-state index is 5.41. The molecule has 0 aliphatic rings. The van der Waals surface area contributed by atoms with Gasteiger partial charge in [-0.3, -0.25) is 5.10 Å². The molecule has 0 unspecified atom stereocenters. The van der Waals surface area contributed by atoms with Gasteiger partial charge in [-0.25, -0.2) is 4.98 Å². The van der Waals surface area contributed by atoms with Gasteiger partial charge in [0, 0.05) is 5.92 Å². The van der Waals surface area contributed by atoms with Gasteiger partial charge >= 0.3 is 0 Å². The van der Waals surface area contributed by atoms with Crippen LogP contribution in [0.1, 0.15) is 44.3 Å². The highest BCUT2D eigenvalue weighted by Gasteiger charge is 2.11. The molecule has 0 spiro atoms. The molecular formula is C8H16N4. The summed E-state index contributed by atoms with van der Waals surface area (Å²) in [6.07, 6.45) is 2.16. The lowest BCUT2D eigenvalue weighted by molar-refractivity contribution is 0.604. The third-order valence-corrected chi connectivity index (χ3v) is 2.09. The lowest BCUT2D eigenvalue weighted by atomic mass is 10.0. The quantitative estimate of drug-likeness (QED) is 0.709. The molecule has 0 saturated heterocycles. The van der Waals surface area contributed by atoms with Crippen LogP contribution in [-0.2, 0) is 6.54 Å². The van der Waals surface area contributed by atoms with Crippen LogP contribution in [0.2, 0.25) is 0 Å².